The van der Waals surface area contributed by atoms with Crippen LogP contribution in [0.25, 0.3) is 0 Å². The zero-order valence-corrected chi connectivity index (χ0v) is 15.9. The van der Waals surface area contributed by atoms with Crippen LogP contribution in [0.2, 0.25) is 10.0 Å². The molecule has 1 aromatic heterocycles. The zero-order chi connectivity index (χ0) is 18.5. The van der Waals surface area contributed by atoms with E-state index in [4.69, 9.17) is 27.6 Å². The average molecular weight is 408 g/mol. The van der Waals surface area contributed by atoms with Gasteiger partial charge in [0.2, 0.25) is 0 Å². The van der Waals surface area contributed by atoms with Crippen LogP contribution < -0.4 is 5.32 Å². The van der Waals surface area contributed by atoms with Crippen LogP contribution in [-0.2, 0) is 23.1 Å². The van der Waals surface area contributed by atoms with Crippen LogP contribution in [0.1, 0.15) is 21.9 Å². The number of rotatable bonds is 6. The molecular weight excluding hydrogens is 393 g/mol. The Bertz CT molecular complexity index is 955. The lowest BCUT2D eigenvalue weighted by molar-refractivity contribution is 0.0921. The van der Waals surface area contributed by atoms with E-state index in [0.717, 1.165) is 5.56 Å². The summed E-state index contributed by atoms with van der Waals surface area (Å²) in [6.45, 7) is 0.295. The normalized spacial score (nSPS) is 11.9. The van der Waals surface area contributed by atoms with Gasteiger partial charge in [0.25, 0.3) is 5.91 Å². The summed E-state index contributed by atoms with van der Waals surface area (Å²) in [7, 11) is -1.31. The molecule has 0 radical (unpaired) electrons. The average Bonchev–Trinajstić information content (AvgIpc) is 3.09. The minimum Gasteiger partial charge on any atom is -0.455 e. The molecule has 4 nitrogen and oxygen atoms in total. The first-order chi connectivity index (χ1) is 12.5. The Balaban J connectivity index is 1.61. The van der Waals surface area contributed by atoms with E-state index in [1.807, 2.05) is 18.2 Å². The number of amides is 1. The molecule has 7 heteroatoms. The first-order valence-corrected chi connectivity index (χ1v) is 9.84. The van der Waals surface area contributed by atoms with Gasteiger partial charge in [0.15, 0.2) is 5.76 Å². The molecule has 0 aliphatic rings. The number of halogens is 2. The van der Waals surface area contributed by atoms with Gasteiger partial charge < -0.3 is 9.73 Å². The van der Waals surface area contributed by atoms with Crippen molar-refractivity contribution in [2.75, 3.05) is 0 Å². The van der Waals surface area contributed by atoms with Gasteiger partial charge in [-0.1, -0.05) is 47.5 Å². The monoisotopic (exact) mass is 407 g/mol. The quantitative estimate of drug-likeness (QED) is 0.636. The minimum atomic E-state index is -1.31. The predicted molar refractivity (Wildman–Crippen MR) is 103 cm³/mol. The molecule has 3 rings (SSSR count). The number of hydrogen-bond donors (Lipinski definition) is 1. The van der Waals surface area contributed by atoms with Crippen molar-refractivity contribution in [3.63, 3.8) is 0 Å². The van der Waals surface area contributed by atoms with E-state index in [0.29, 0.717) is 27.2 Å². The molecule has 0 unspecified atom stereocenters. The summed E-state index contributed by atoms with van der Waals surface area (Å²) >= 11 is 12.0. The van der Waals surface area contributed by atoms with Crippen molar-refractivity contribution in [2.45, 2.75) is 17.2 Å². The standard InChI is InChI=1S/C19H15Cl2NO3S/c20-14-5-3-6-16(10-14)26(24)12-15-8-9-18(25-15)19(23)22-11-13-4-1-2-7-17(13)21/h1-10H,11-12H2,(H,22,23)/t26-/m0/s1. The van der Waals surface area contributed by atoms with E-state index in [2.05, 4.69) is 5.32 Å². The maximum absolute atomic E-state index is 12.4. The molecule has 0 aliphatic carbocycles. The van der Waals surface area contributed by atoms with Gasteiger partial charge in [-0.25, -0.2) is 0 Å². The fourth-order valence-electron chi connectivity index (χ4n) is 2.30. The maximum atomic E-state index is 12.4. The van der Waals surface area contributed by atoms with Gasteiger partial charge in [0, 0.05) is 21.5 Å². The van der Waals surface area contributed by atoms with Crippen molar-refractivity contribution in [1.82, 2.24) is 5.32 Å². The fourth-order valence-corrected chi connectivity index (χ4v) is 3.83. The highest BCUT2D eigenvalue weighted by molar-refractivity contribution is 7.84. The van der Waals surface area contributed by atoms with Crippen LogP contribution in [0.3, 0.4) is 0 Å². The van der Waals surface area contributed by atoms with Crippen molar-refractivity contribution in [2.24, 2.45) is 0 Å². The van der Waals surface area contributed by atoms with Gasteiger partial charge in [-0.05, 0) is 42.0 Å². The maximum Gasteiger partial charge on any atom is 0.287 e. The van der Waals surface area contributed by atoms with Crippen LogP contribution >= 0.6 is 23.2 Å². The molecule has 26 heavy (non-hydrogen) atoms. The largest absolute Gasteiger partial charge is 0.455 e. The number of benzene rings is 2. The second-order valence-corrected chi connectivity index (χ2v) is 7.78. The fraction of sp³-hybridized carbons (Fsp3) is 0.105. The Morgan fingerprint density at radius 2 is 1.85 bits per heavy atom. The highest BCUT2D eigenvalue weighted by Crippen LogP contribution is 2.19. The van der Waals surface area contributed by atoms with Crippen LogP contribution in [-0.4, -0.2) is 10.1 Å². The third kappa shape index (κ3) is 4.75. The first kappa shape index (κ1) is 18.7. The second kappa shape index (κ2) is 8.54. The molecule has 0 fully saturated rings. The summed E-state index contributed by atoms with van der Waals surface area (Å²) in [4.78, 5) is 12.8. The molecule has 1 N–H and O–H groups in total. The lowest BCUT2D eigenvalue weighted by Gasteiger charge is -2.05. The third-order valence-electron chi connectivity index (χ3n) is 3.62. The number of furan rings is 1. The smallest absolute Gasteiger partial charge is 0.287 e. The van der Waals surface area contributed by atoms with Crippen molar-refractivity contribution in [3.8, 4) is 0 Å². The van der Waals surface area contributed by atoms with E-state index in [1.54, 1.807) is 42.5 Å². The third-order valence-corrected chi connectivity index (χ3v) is 5.55. The van der Waals surface area contributed by atoms with Crippen molar-refractivity contribution in [3.05, 3.63) is 87.8 Å². The van der Waals surface area contributed by atoms with Gasteiger partial charge in [0.05, 0.1) is 16.6 Å². The first-order valence-electron chi connectivity index (χ1n) is 7.77. The molecule has 0 spiro atoms. The summed E-state index contributed by atoms with van der Waals surface area (Å²) in [5.74, 6) is 0.434. The van der Waals surface area contributed by atoms with Gasteiger partial charge in [-0.2, -0.15) is 0 Å². The van der Waals surface area contributed by atoms with Crippen LogP contribution in [0.15, 0.2) is 70.0 Å². The summed E-state index contributed by atoms with van der Waals surface area (Å²) in [6.07, 6.45) is 0. The van der Waals surface area contributed by atoms with E-state index in [9.17, 15) is 9.00 Å². The van der Waals surface area contributed by atoms with Gasteiger partial charge in [-0.3, -0.25) is 9.00 Å². The Morgan fingerprint density at radius 3 is 2.62 bits per heavy atom. The Kier molecular flexibility index (Phi) is 6.14. The van der Waals surface area contributed by atoms with Crippen LogP contribution in [0.5, 0.6) is 0 Å². The van der Waals surface area contributed by atoms with Crippen LogP contribution in [0.4, 0.5) is 0 Å². The Labute approximate surface area is 163 Å². The van der Waals surface area contributed by atoms with Gasteiger partial charge in [-0.15, -0.1) is 0 Å². The molecular formula is C19H15Cl2NO3S. The van der Waals surface area contributed by atoms with Crippen molar-refractivity contribution in [1.29, 1.82) is 0 Å². The predicted octanol–water partition coefficient (Wildman–Crippen LogP) is 4.82. The number of carbonyl (C=O) groups is 1. The van der Waals surface area contributed by atoms with Crippen molar-refractivity contribution >= 4 is 39.9 Å². The lowest BCUT2D eigenvalue weighted by atomic mass is 10.2. The molecule has 1 atom stereocenters. The number of carbonyl (C=O) groups excluding carboxylic acids is 1. The molecule has 2 aromatic carbocycles. The van der Waals surface area contributed by atoms with Crippen LogP contribution in [0, 0.1) is 0 Å². The molecule has 0 saturated heterocycles. The van der Waals surface area contributed by atoms with E-state index in [-0.39, 0.29) is 17.4 Å². The molecule has 3 aromatic rings. The Morgan fingerprint density at radius 1 is 1.04 bits per heavy atom. The molecule has 1 heterocycles. The van der Waals surface area contributed by atoms with Gasteiger partial charge >= 0.3 is 0 Å². The lowest BCUT2D eigenvalue weighted by Crippen LogP contribution is -2.22. The molecule has 0 aliphatic heterocycles. The van der Waals surface area contributed by atoms with E-state index in [1.165, 1.54) is 0 Å². The number of nitrogens with one attached hydrogen (secondary N) is 1. The molecule has 134 valence electrons. The zero-order valence-electron chi connectivity index (χ0n) is 13.6. The molecule has 0 saturated carbocycles. The van der Waals surface area contributed by atoms with E-state index < -0.39 is 10.8 Å². The summed E-state index contributed by atoms with van der Waals surface area (Å²) in [5.41, 5.74) is 0.816. The summed E-state index contributed by atoms with van der Waals surface area (Å²) in [6, 6.07) is 17.3. The van der Waals surface area contributed by atoms with E-state index >= 15 is 0 Å². The highest BCUT2D eigenvalue weighted by atomic mass is 35.5. The highest BCUT2D eigenvalue weighted by Gasteiger charge is 2.14. The Hall–Kier alpha value is -2.08. The molecule has 0 bridgehead atoms. The summed E-state index contributed by atoms with van der Waals surface area (Å²) < 4.78 is 17.9. The van der Waals surface area contributed by atoms with Crippen molar-refractivity contribution < 1.29 is 13.4 Å². The molecule has 1 amide bonds. The number of hydrogen-bond acceptors (Lipinski definition) is 3. The SMILES string of the molecule is O=C(NCc1ccccc1Cl)c1ccc(C[S@](=O)c2cccc(Cl)c2)o1. The van der Waals surface area contributed by atoms with Gasteiger partial charge in [0.1, 0.15) is 5.76 Å². The minimum absolute atomic E-state index is 0.162. The summed E-state index contributed by atoms with van der Waals surface area (Å²) in [5, 5.41) is 3.86. The topological polar surface area (TPSA) is 59.3 Å². The second-order valence-electron chi connectivity index (χ2n) is 5.49.